The highest BCUT2D eigenvalue weighted by Crippen LogP contribution is 2.24. The molecule has 1 N–H and O–H groups in total. The normalized spacial score (nSPS) is 10.9. The van der Waals surface area contributed by atoms with Gasteiger partial charge in [-0.2, -0.15) is 0 Å². The minimum atomic E-state index is -2.66. The summed E-state index contributed by atoms with van der Waals surface area (Å²) in [5, 5.41) is 8.99. The summed E-state index contributed by atoms with van der Waals surface area (Å²) >= 11 is 5.66. The van der Waals surface area contributed by atoms with Gasteiger partial charge in [0.15, 0.2) is 0 Å². The van der Waals surface area contributed by atoms with Gasteiger partial charge in [-0.3, -0.25) is 0 Å². The van der Waals surface area contributed by atoms with Gasteiger partial charge in [0.1, 0.15) is 5.69 Å². The van der Waals surface area contributed by atoms with Crippen molar-refractivity contribution in [1.82, 2.24) is 4.98 Å². The van der Waals surface area contributed by atoms with Crippen LogP contribution in [-0.2, 0) is 6.61 Å². The van der Waals surface area contributed by atoms with Crippen molar-refractivity contribution in [2.75, 3.05) is 0 Å². The van der Waals surface area contributed by atoms with Crippen LogP contribution in [0.2, 0.25) is 5.02 Å². The van der Waals surface area contributed by atoms with Crippen molar-refractivity contribution in [2.24, 2.45) is 0 Å². The van der Waals surface area contributed by atoms with E-state index in [1.165, 1.54) is 0 Å². The third-order valence-electron chi connectivity index (χ3n) is 1.70. The van der Waals surface area contributed by atoms with Crippen molar-refractivity contribution in [2.45, 2.75) is 20.0 Å². The van der Waals surface area contributed by atoms with E-state index in [-0.39, 0.29) is 17.3 Å². The van der Waals surface area contributed by atoms with Crippen molar-refractivity contribution >= 4 is 11.6 Å². The van der Waals surface area contributed by atoms with Crippen molar-refractivity contribution in [3.05, 3.63) is 28.0 Å². The molecule has 0 bridgehead atoms. The largest absolute Gasteiger partial charge is 0.390 e. The van der Waals surface area contributed by atoms with E-state index in [1.807, 2.05) is 0 Å². The van der Waals surface area contributed by atoms with Crippen LogP contribution in [0.25, 0.3) is 0 Å². The predicted molar refractivity (Wildman–Crippen MR) is 44.9 cm³/mol. The summed E-state index contributed by atoms with van der Waals surface area (Å²) < 4.78 is 24.4. The summed E-state index contributed by atoms with van der Waals surface area (Å²) in [6.07, 6.45) is -2.66. The van der Waals surface area contributed by atoms with E-state index in [0.717, 1.165) is 6.07 Å². The maximum Gasteiger partial charge on any atom is 0.280 e. The molecule has 13 heavy (non-hydrogen) atoms. The third-order valence-corrected chi connectivity index (χ3v) is 2.10. The van der Waals surface area contributed by atoms with Crippen molar-refractivity contribution < 1.29 is 13.9 Å². The average molecular weight is 208 g/mol. The minimum absolute atomic E-state index is 0.197. The lowest BCUT2D eigenvalue weighted by atomic mass is 10.2. The maximum atomic E-state index is 12.2. The van der Waals surface area contributed by atoms with E-state index in [1.54, 1.807) is 6.92 Å². The van der Waals surface area contributed by atoms with Crippen LogP contribution in [0.5, 0.6) is 0 Å². The Morgan fingerprint density at radius 1 is 1.62 bits per heavy atom. The Kier molecular flexibility index (Phi) is 3.17. The third kappa shape index (κ3) is 2.14. The molecule has 72 valence electrons. The molecule has 0 unspecified atom stereocenters. The zero-order valence-electron chi connectivity index (χ0n) is 6.89. The Balaban J connectivity index is 3.22. The van der Waals surface area contributed by atoms with Crippen LogP contribution in [0, 0.1) is 6.92 Å². The van der Waals surface area contributed by atoms with Crippen molar-refractivity contribution in [3.8, 4) is 0 Å². The van der Waals surface area contributed by atoms with E-state index in [9.17, 15) is 8.78 Å². The molecule has 0 atom stereocenters. The standard InChI is InChI=1S/C8H8ClF2NO/c1-4-5(9)2-6(8(10)11)12-7(4)3-13/h2,8,13H,3H2,1H3. The Morgan fingerprint density at radius 2 is 2.23 bits per heavy atom. The quantitative estimate of drug-likeness (QED) is 0.808. The number of pyridine rings is 1. The number of aliphatic hydroxyl groups is 1. The first-order valence-electron chi connectivity index (χ1n) is 3.61. The van der Waals surface area contributed by atoms with Crippen LogP contribution in [0.15, 0.2) is 6.07 Å². The molecule has 0 aliphatic heterocycles. The zero-order chi connectivity index (χ0) is 10.0. The molecule has 5 heteroatoms. The first-order chi connectivity index (χ1) is 6.06. The Morgan fingerprint density at radius 3 is 2.69 bits per heavy atom. The van der Waals surface area contributed by atoms with Crippen LogP contribution in [0.3, 0.4) is 0 Å². The van der Waals surface area contributed by atoms with Gasteiger partial charge in [-0.05, 0) is 18.6 Å². The number of nitrogens with zero attached hydrogens (tertiary/aromatic N) is 1. The van der Waals surface area contributed by atoms with Crippen molar-refractivity contribution in [1.29, 1.82) is 0 Å². The summed E-state index contributed by atoms with van der Waals surface area (Å²) in [6, 6.07) is 1.11. The second-order valence-corrected chi connectivity index (χ2v) is 2.97. The molecule has 0 aromatic carbocycles. The van der Waals surface area contributed by atoms with Gasteiger partial charge in [-0.15, -0.1) is 0 Å². The molecule has 1 aromatic rings. The molecule has 1 aromatic heterocycles. The fraction of sp³-hybridized carbons (Fsp3) is 0.375. The van der Waals surface area contributed by atoms with Gasteiger partial charge in [-0.1, -0.05) is 11.6 Å². The van der Waals surface area contributed by atoms with E-state index < -0.39 is 12.1 Å². The zero-order valence-corrected chi connectivity index (χ0v) is 7.65. The van der Waals surface area contributed by atoms with Crippen LogP contribution < -0.4 is 0 Å². The van der Waals surface area contributed by atoms with Gasteiger partial charge in [0.2, 0.25) is 0 Å². The first kappa shape index (κ1) is 10.3. The summed E-state index contributed by atoms with van der Waals surface area (Å²) in [5.74, 6) is 0. The van der Waals surface area contributed by atoms with Crippen LogP contribution in [0.4, 0.5) is 8.78 Å². The molecule has 0 spiro atoms. The summed E-state index contributed by atoms with van der Waals surface area (Å²) in [5.41, 5.74) is 0.330. The van der Waals surface area contributed by atoms with Gasteiger partial charge in [-0.25, -0.2) is 13.8 Å². The van der Waals surface area contributed by atoms with Crippen LogP contribution >= 0.6 is 11.6 Å². The monoisotopic (exact) mass is 207 g/mol. The number of halogens is 3. The van der Waals surface area contributed by atoms with Crippen LogP contribution in [-0.4, -0.2) is 10.1 Å². The minimum Gasteiger partial charge on any atom is -0.390 e. The molecule has 0 aliphatic carbocycles. The van der Waals surface area contributed by atoms with Crippen LogP contribution in [0.1, 0.15) is 23.4 Å². The van der Waals surface area contributed by atoms with Gasteiger partial charge < -0.3 is 5.11 Å². The number of hydrogen-bond acceptors (Lipinski definition) is 2. The van der Waals surface area contributed by atoms with E-state index in [4.69, 9.17) is 16.7 Å². The molecule has 2 nitrogen and oxygen atoms in total. The summed E-state index contributed by atoms with van der Waals surface area (Å²) in [4.78, 5) is 3.57. The molecule has 1 rings (SSSR count). The van der Waals surface area contributed by atoms with Gasteiger partial charge in [0.05, 0.1) is 12.3 Å². The van der Waals surface area contributed by atoms with Gasteiger partial charge >= 0.3 is 0 Å². The van der Waals surface area contributed by atoms with Gasteiger partial charge in [0, 0.05) is 5.02 Å². The maximum absolute atomic E-state index is 12.2. The molecule has 0 radical (unpaired) electrons. The fourth-order valence-electron chi connectivity index (χ4n) is 0.914. The Hall–Kier alpha value is -0.740. The summed E-state index contributed by atoms with van der Waals surface area (Å²) in [7, 11) is 0. The summed E-state index contributed by atoms with van der Waals surface area (Å²) in [6.45, 7) is 1.24. The molecule has 0 saturated carbocycles. The number of aliphatic hydroxyl groups excluding tert-OH is 1. The second-order valence-electron chi connectivity index (χ2n) is 2.56. The van der Waals surface area contributed by atoms with Gasteiger partial charge in [0.25, 0.3) is 6.43 Å². The fourth-order valence-corrected chi connectivity index (χ4v) is 1.13. The molecular weight excluding hydrogens is 200 g/mol. The molecule has 0 saturated heterocycles. The Labute approximate surface area is 79.2 Å². The van der Waals surface area contributed by atoms with E-state index in [2.05, 4.69) is 4.98 Å². The molecular formula is C8H8ClF2NO. The predicted octanol–water partition coefficient (Wildman–Crippen LogP) is 2.47. The Bertz CT molecular complexity index is 317. The second kappa shape index (κ2) is 3.98. The first-order valence-corrected chi connectivity index (χ1v) is 3.99. The number of alkyl halides is 2. The molecule has 0 fully saturated rings. The number of aromatic nitrogens is 1. The molecule has 0 amide bonds. The lowest BCUT2D eigenvalue weighted by Crippen LogP contribution is -2.00. The smallest absolute Gasteiger partial charge is 0.280 e. The molecule has 0 aliphatic rings. The van der Waals surface area contributed by atoms with E-state index in [0.29, 0.717) is 5.56 Å². The lowest BCUT2D eigenvalue weighted by molar-refractivity contribution is 0.145. The SMILES string of the molecule is Cc1c(Cl)cc(C(F)F)nc1CO. The number of hydrogen-bond donors (Lipinski definition) is 1. The highest BCUT2D eigenvalue weighted by molar-refractivity contribution is 6.31. The number of rotatable bonds is 2. The average Bonchev–Trinajstić information content (AvgIpc) is 2.09. The highest BCUT2D eigenvalue weighted by Gasteiger charge is 2.13. The molecule has 1 heterocycles. The van der Waals surface area contributed by atoms with E-state index >= 15 is 0 Å². The highest BCUT2D eigenvalue weighted by atomic mass is 35.5. The topological polar surface area (TPSA) is 33.1 Å². The lowest BCUT2D eigenvalue weighted by Gasteiger charge is -2.06. The van der Waals surface area contributed by atoms with Crippen molar-refractivity contribution in [3.63, 3.8) is 0 Å².